The zero-order valence-electron chi connectivity index (χ0n) is 15.1. The first-order valence-electron chi connectivity index (χ1n) is 9.57. The van der Waals surface area contributed by atoms with Gasteiger partial charge in [-0.1, -0.05) is 65.5 Å². The standard InChI is InChI=1S/C20H38Si/c1-6-21(5,7-2)19-12-9-14-20(4,15-13-19)18-11-8-10-17(3)16-18/h6,17-19H,1,7-16H2,2-5H3/t17-,18?,19?,20?,21?/m1/s1. The van der Waals surface area contributed by atoms with Crippen LogP contribution in [-0.4, -0.2) is 8.07 Å². The van der Waals surface area contributed by atoms with Crippen LogP contribution in [0.4, 0.5) is 0 Å². The zero-order chi connectivity index (χ0) is 15.5. The van der Waals surface area contributed by atoms with Crippen molar-refractivity contribution in [2.24, 2.45) is 17.3 Å². The molecule has 0 heterocycles. The summed E-state index contributed by atoms with van der Waals surface area (Å²) >= 11 is 0. The SMILES string of the molecule is C=C[Si](C)(CC)C1CCCC(C)(C2CCC[C@@H](C)C2)CC1. The van der Waals surface area contributed by atoms with Crippen molar-refractivity contribution in [3.63, 3.8) is 0 Å². The van der Waals surface area contributed by atoms with Crippen molar-refractivity contribution in [3.8, 4) is 0 Å². The Balaban J connectivity index is 2.04. The average molecular weight is 307 g/mol. The average Bonchev–Trinajstić information content (AvgIpc) is 2.70. The molecule has 0 aromatic rings. The van der Waals surface area contributed by atoms with Crippen LogP contribution in [0.15, 0.2) is 12.3 Å². The summed E-state index contributed by atoms with van der Waals surface area (Å²) < 4.78 is 0. The maximum Gasteiger partial charge on any atom is 0.0767 e. The Morgan fingerprint density at radius 3 is 2.52 bits per heavy atom. The van der Waals surface area contributed by atoms with Crippen molar-refractivity contribution >= 4 is 8.07 Å². The van der Waals surface area contributed by atoms with Gasteiger partial charge in [-0.05, 0) is 48.5 Å². The van der Waals surface area contributed by atoms with Gasteiger partial charge in [-0.3, -0.25) is 0 Å². The molecule has 4 unspecified atom stereocenters. The Bertz CT molecular complexity index is 350. The minimum atomic E-state index is -1.19. The van der Waals surface area contributed by atoms with Crippen LogP contribution in [0.25, 0.3) is 0 Å². The maximum atomic E-state index is 4.21. The molecule has 0 bridgehead atoms. The lowest BCUT2D eigenvalue weighted by Gasteiger charge is -2.42. The Hall–Kier alpha value is -0.0431. The normalized spacial score (nSPS) is 41.0. The lowest BCUT2D eigenvalue weighted by atomic mass is 9.64. The first-order chi connectivity index (χ1) is 9.93. The Kier molecular flexibility index (Phi) is 5.79. The van der Waals surface area contributed by atoms with Crippen molar-refractivity contribution in [1.82, 2.24) is 0 Å². The van der Waals surface area contributed by atoms with Gasteiger partial charge in [-0.15, -0.1) is 12.3 Å². The van der Waals surface area contributed by atoms with Crippen molar-refractivity contribution in [2.75, 3.05) is 0 Å². The van der Waals surface area contributed by atoms with Crippen molar-refractivity contribution in [1.29, 1.82) is 0 Å². The van der Waals surface area contributed by atoms with E-state index >= 15 is 0 Å². The van der Waals surface area contributed by atoms with E-state index in [1.165, 1.54) is 63.8 Å². The predicted molar refractivity (Wildman–Crippen MR) is 98.4 cm³/mol. The number of hydrogen-bond acceptors (Lipinski definition) is 0. The quantitative estimate of drug-likeness (QED) is 0.388. The molecule has 0 spiro atoms. The van der Waals surface area contributed by atoms with Gasteiger partial charge in [0.2, 0.25) is 0 Å². The molecule has 2 fully saturated rings. The molecule has 0 aromatic carbocycles. The smallest absolute Gasteiger partial charge is 0.0767 e. The molecule has 1 heteroatoms. The third-order valence-electron chi connectivity index (χ3n) is 7.45. The van der Waals surface area contributed by atoms with Gasteiger partial charge in [0.1, 0.15) is 0 Å². The fraction of sp³-hybridized carbons (Fsp3) is 0.900. The second-order valence-corrected chi connectivity index (χ2v) is 13.8. The lowest BCUT2D eigenvalue weighted by molar-refractivity contribution is 0.0949. The molecule has 0 aromatic heterocycles. The van der Waals surface area contributed by atoms with Crippen LogP contribution in [-0.2, 0) is 0 Å². The number of hydrogen-bond donors (Lipinski definition) is 0. The summed E-state index contributed by atoms with van der Waals surface area (Å²) in [5.74, 6) is 1.99. The molecule has 21 heavy (non-hydrogen) atoms. The summed E-state index contributed by atoms with van der Waals surface area (Å²) in [6.07, 6.45) is 13.4. The molecule has 2 aliphatic rings. The first-order valence-corrected chi connectivity index (χ1v) is 12.4. The Morgan fingerprint density at radius 1 is 1.14 bits per heavy atom. The molecule has 2 aliphatic carbocycles. The largest absolute Gasteiger partial charge is 0.107 e. The summed E-state index contributed by atoms with van der Waals surface area (Å²) in [5.41, 5.74) is 4.04. The monoisotopic (exact) mass is 306 g/mol. The summed E-state index contributed by atoms with van der Waals surface area (Å²) in [6, 6.07) is 1.39. The minimum Gasteiger partial charge on any atom is -0.107 e. The maximum absolute atomic E-state index is 4.21. The Morgan fingerprint density at radius 2 is 1.90 bits per heavy atom. The van der Waals surface area contributed by atoms with Gasteiger partial charge in [0.15, 0.2) is 0 Å². The van der Waals surface area contributed by atoms with Crippen LogP contribution < -0.4 is 0 Å². The first kappa shape index (κ1) is 17.3. The lowest BCUT2D eigenvalue weighted by Crippen LogP contribution is -2.34. The highest BCUT2D eigenvalue weighted by atomic mass is 28.3. The van der Waals surface area contributed by atoms with Gasteiger partial charge in [0.05, 0.1) is 8.07 Å². The van der Waals surface area contributed by atoms with E-state index in [-0.39, 0.29) is 0 Å². The molecule has 0 aliphatic heterocycles. The van der Waals surface area contributed by atoms with Crippen molar-refractivity contribution in [2.45, 2.75) is 96.7 Å². The molecule has 2 saturated carbocycles. The molecule has 0 radical (unpaired) electrons. The second-order valence-electron chi connectivity index (χ2n) is 8.81. The molecule has 0 amide bonds. The van der Waals surface area contributed by atoms with E-state index < -0.39 is 8.07 Å². The van der Waals surface area contributed by atoms with Gasteiger partial charge in [0, 0.05) is 0 Å². The second kappa shape index (κ2) is 7.02. The van der Waals surface area contributed by atoms with Gasteiger partial charge in [-0.25, -0.2) is 0 Å². The van der Waals surface area contributed by atoms with E-state index in [0.717, 1.165) is 17.4 Å². The van der Waals surface area contributed by atoms with Gasteiger partial charge in [0.25, 0.3) is 0 Å². The van der Waals surface area contributed by atoms with Crippen LogP contribution in [0, 0.1) is 17.3 Å². The zero-order valence-corrected chi connectivity index (χ0v) is 16.1. The van der Waals surface area contributed by atoms with Crippen LogP contribution in [0.2, 0.25) is 18.1 Å². The molecule has 5 atom stereocenters. The van der Waals surface area contributed by atoms with E-state index in [1.807, 2.05) is 0 Å². The molecular weight excluding hydrogens is 268 g/mol. The molecule has 122 valence electrons. The van der Waals surface area contributed by atoms with Gasteiger partial charge < -0.3 is 0 Å². The molecular formula is C20H38Si. The van der Waals surface area contributed by atoms with Crippen LogP contribution >= 0.6 is 0 Å². The topological polar surface area (TPSA) is 0 Å². The highest BCUT2D eigenvalue weighted by molar-refractivity contribution is 6.84. The van der Waals surface area contributed by atoms with Gasteiger partial charge >= 0.3 is 0 Å². The predicted octanol–water partition coefficient (Wildman–Crippen LogP) is 6.98. The number of rotatable bonds is 4. The summed E-state index contributed by atoms with van der Waals surface area (Å²) in [6.45, 7) is 14.3. The van der Waals surface area contributed by atoms with E-state index in [2.05, 4.69) is 39.6 Å². The van der Waals surface area contributed by atoms with E-state index in [4.69, 9.17) is 0 Å². The van der Waals surface area contributed by atoms with Crippen LogP contribution in [0.1, 0.15) is 78.6 Å². The van der Waals surface area contributed by atoms with Crippen molar-refractivity contribution < 1.29 is 0 Å². The molecule has 0 N–H and O–H groups in total. The summed E-state index contributed by atoms with van der Waals surface area (Å²) in [7, 11) is -1.19. The van der Waals surface area contributed by atoms with E-state index in [9.17, 15) is 0 Å². The van der Waals surface area contributed by atoms with Crippen LogP contribution in [0.3, 0.4) is 0 Å². The van der Waals surface area contributed by atoms with Crippen molar-refractivity contribution in [3.05, 3.63) is 12.3 Å². The minimum absolute atomic E-state index is 0.646. The fourth-order valence-corrected chi connectivity index (χ4v) is 8.13. The summed E-state index contributed by atoms with van der Waals surface area (Å²) in [4.78, 5) is 0. The fourth-order valence-electron chi connectivity index (χ4n) is 5.26. The highest BCUT2D eigenvalue weighted by Crippen LogP contribution is 2.51. The van der Waals surface area contributed by atoms with Crippen LogP contribution in [0.5, 0.6) is 0 Å². The third-order valence-corrected chi connectivity index (χ3v) is 12.3. The van der Waals surface area contributed by atoms with E-state index in [1.54, 1.807) is 0 Å². The van der Waals surface area contributed by atoms with Gasteiger partial charge in [-0.2, -0.15) is 0 Å². The van der Waals surface area contributed by atoms with E-state index in [0.29, 0.717) is 5.41 Å². The highest BCUT2D eigenvalue weighted by Gasteiger charge is 2.41. The summed E-state index contributed by atoms with van der Waals surface area (Å²) in [5, 5.41) is 0. The third kappa shape index (κ3) is 3.84. The molecule has 0 saturated heterocycles. The molecule has 2 rings (SSSR count). The molecule has 0 nitrogen and oxygen atoms in total. The Labute approximate surface area is 134 Å².